The lowest BCUT2D eigenvalue weighted by atomic mass is 10.1. The SMILES string of the molecule is CCc1cccc(-n2nnc(C(=O)O)c2C)c1. The Morgan fingerprint density at radius 2 is 2.24 bits per heavy atom. The largest absolute Gasteiger partial charge is 0.476 e. The van der Waals surface area contributed by atoms with Gasteiger partial charge >= 0.3 is 5.97 Å². The molecule has 0 aliphatic heterocycles. The van der Waals surface area contributed by atoms with Crippen LogP contribution in [0.25, 0.3) is 5.69 Å². The quantitative estimate of drug-likeness (QED) is 0.875. The Kier molecular flexibility index (Phi) is 2.91. The molecule has 1 aromatic carbocycles. The monoisotopic (exact) mass is 231 g/mol. The summed E-state index contributed by atoms with van der Waals surface area (Å²) in [6.07, 6.45) is 0.924. The fourth-order valence-corrected chi connectivity index (χ4v) is 1.68. The minimum absolute atomic E-state index is 0.00750. The second-order valence-corrected chi connectivity index (χ2v) is 3.76. The van der Waals surface area contributed by atoms with E-state index in [2.05, 4.69) is 17.2 Å². The second kappa shape index (κ2) is 4.37. The summed E-state index contributed by atoms with van der Waals surface area (Å²) >= 11 is 0. The number of carboxylic acid groups (broad SMARTS) is 1. The predicted octanol–water partition coefficient (Wildman–Crippen LogP) is 1.84. The van der Waals surface area contributed by atoms with E-state index < -0.39 is 5.97 Å². The topological polar surface area (TPSA) is 68.0 Å². The number of hydrogen-bond acceptors (Lipinski definition) is 3. The predicted molar refractivity (Wildman–Crippen MR) is 62.4 cm³/mol. The number of hydrogen-bond donors (Lipinski definition) is 1. The van der Waals surface area contributed by atoms with Gasteiger partial charge in [-0.3, -0.25) is 0 Å². The molecule has 0 radical (unpaired) electrons. The van der Waals surface area contributed by atoms with Crippen molar-refractivity contribution in [2.75, 3.05) is 0 Å². The Hall–Kier alpha value is -2.17. The van der Waals surface area contributed by atoms with E-state index in [1.807, 2.05) is 24.3 Å². The Morgan fingerprint density at radius 1 is 1.47 bits per heavy atom. The minimum atomic E-state index is -1.06. The van der Waals surface area contributed by atoms with Crippen molar-refractivity contribution in [1.82, 2.24) is 15.0 Å². The summed E-state index contributed by atoms with van der Waals surface area (Å²) in [6, 6.07) is 7.81. The average Bonchev–Trinajstić information content (AvgIpc) is 2.71. The standard InChI is InChI=1S/C12H13N3O2/c1-3-9-5-4-6-10(7-9)15-8(2)11(12(16)17)13-14-15/h4-7H,3H2,1-2H3,(H,16,17). The van der Waals surface area contributed by atoms with E-state index in [4.69, 9.17) is 5.11 Å². The van der Waals surface area contributed by atoms with Gasteiger partial charge in [0.15, 0.2) is 5.69 Å². The van der Waals surface area contributed by atoms with E-state index >= 15 is 0 Å². The number of aromatic carboxylic acids is 1. The van der Waals surface area contributed by atoms with Gasteiger partial charge in [-0.1, -0.05) is 24.3 Å². The Bertz CT molecular complexity index is 561. The molecule has 0 aliphatic carbocycles. The number of carbonyl (C=O) groups is 1. The highest BCUT2D eigenvalue weighted by Gasteiger charge is 2.15. The zero-order valence-electron chi connectivity index (χ0n) is 9.71. The molecule has 1 aromatic heterocycles. The van der Waals surface area contributed by atoms with Crippen molar-refractivity contribution in [2.45, 2.75) is 20.3 Å². The van der Waals surface area contributed by atoms with Gasteiger partial charge in [0.05, 0.1) is 11.4 Å². The maximum atomic E-state index is 10.9. The van der Waals surface area contributed by atoms with Gasteiger partial charge < -0.3 is 5.11 Å². The maximum Gasteiger partial charge on any atom is 0.358 e. The zero-order chi connectivity index (χ0) is 12.4. The fraction of sp³-hybridized carbons (Fsp3) is 0.250. The molecule has 2 rings (SSSR count). The van der Waals surface area contributed by atoms with Gasteiger partial charge in [0.1, 0.15) is 0 Å². The van der Waals surface area contributed by atoms with Crippen LogP contribution >= 0.6 is 0 Å². The summed E-state index contributed by atoms with van der Waals surface area (Å²) in [5.74, 6) is -1.06. The first-order valence-electron chi connectivity index (χ1n) is 5.38. The molecule has 0 unspecified atom stereocenters. The molecule has 0 aliphatic rings. The summed E-state index contributed by atoms with van der Waals surface area (Å²) in [6.45, 7) is 3.76. The third-order valence-corrected chi connectivity index (χ3v) is 2.66. The van der Waals surface area contributed by atoms with Crippen LogP contribution < -0.4 is 0 Å². The van der Waals surface area contributed by atoms with Crippen LogP contribution in [0.4, 0.5) is 0 Å². The molecule has 0 saturated carbocycles. The van der Waals surface area contributed by atoms with Crippen LogP contribution in [0.3, 0.4) is 0 Å². The third-order valence-electron chi connectivity index (χ3n) is 2.66. The smallest absolute Gasteiger partial charge is 0.358 e. The highest BCUT2D eigenvalue weighted by molar-refractivity contribution is 5.86. The second-order valence-electron chi connectivity index (χ2n) is 3.76. The minimum Gasteiger partial charge on any atom is -0.476 e. The van der Waals surface area contributed by atoms with Crippen LogP contribution in [0.2, 0.25) is 0 Å². The van der Waals surface area contributed by atoms with Crippen LogP contribution in [-0.4, -0.2) is 26.1 Å². The van der Waals surface area contributed by atoms with Gasteiger partial charge in [-0.25, -0.2) is 9.48 Å². The van der Waals surface area contributed by atoms with Crippen molar-refractivity contribution in [1.29, 1.82) is 0 Å². The molecule has 0 fully saturated rings. The van der Waals surface area contributed by atoms with Gasteiger partial charge in [0.2, 0.25) is 0 Å². The summed E-state index contributed by atoms with van der Waals surface area (Å²) < 4.78 is 1.54. The highest BCUT2D eigenvalue weighted by Crippen LogP contribution is 2.14. The van der Waals surface area contributed by atoms with Crippen LogP contribution in [0.5, 0.6) is 0 Å². The molecule has 0 atom stereocenters. The molecule has 0 bridgehead atoms. The number of carboxylic acids is 1. The zero-order valence-corrected chi connectivity index (χ0v) is 9.71. The van der Waals surface area contributed by atoms with E-state index in [9.17, 15) is 4.79 Å². The first-order valence-corrected chi connectivity index (χ1v) is 5.38. The lowest BCUT2D eigenvalue weighted by Gasteiger charge is -2.04. The summed E-state index contributed by atoms with van der Waals surface area (Å²) in [4.78, 5) is 10.9. The van der Waals surface area contributed by atoms with Crippen LogP contribution in [0.15, 0.2) is 24.3 Å². The van der Waals surface area contributed by atoms with Crippen LogP contribution in [0.1, 0.15) is 28.7 Å². The van der Waals surface area contributed by atoms with Crippen molar-refractivity contribution >= 4 is 5.97 Å². The molecular weight excluding hydrogens is 218 g/mol. The van der Waals surface area contributed by atoms with Crippen LogP contribution in [0, 0.1) is 6.92 Å². The Morgan fingerprint density at radius 3 is 2.82 bits per heavy atom. The summed E-state index contributed by atoms with van der Waals surface area (Å²) in [7, 11) is 0. The molecule has 2 aromatic rings. The third kappa shape index (κ3) is 2.04. The normalized spacial score (nSPS) is 10.5. The number of aromatic nitrogens is 3. The highest BCUT2D eigenvalue weighted by atomic mass is 16.4. The number of rotatable bonds is 3. The van der Waals surface area contributed by atoms with E-state index in [1.165, 1.54) is 5.56 Å². The molecule has 1 heterocycles. The van der Waals surface area contributed by atoms with E-state index in [0.29, 0.717) is 5.69 Å². The molecule has 5 nitrogen and oxygen atoms in total. The molecule has 1 N–H and O–H groups in total. The van der Waals surface area contributed by atoms with Crippen molar-refractivity contribution < 1.29 is 9.90 Å². The lowest BCUT2D eigenvalue weighted by molar-refractivity contribution is 0.0689. The molecule has 17 heavy (non-hydrogen) atoms. The van der Waals surface area contributed by atoms with Gasteiger partial charge in [-0.05, 0) is 31.0 Å². The van der Waals surface area contributed by atoms with Gasteiger partial charge in [-0.15, -0.1) is 5.10 Å². The summed E-state index contributed by atoms with van der Waals surface area (Å²) in [5.41, 5.74) is 2.54. The molecule has 88 valence electrons. The van der Waals surface area contributed by atoms with E-state index in [0.717, 1.165) is 12.1 Å². The molecule has 0 amide bonds. The van der Waals surface area contributed by atoms with Gasteiger partial charge in [-0.2, -0.15) is 0 Å². The van der Waals surface area contributed by atoms with Crippen molar-refractivity contribution in [3.05, 3.63) is 41.2 Å². The van der Waals surface area contributed by atoms with E-state index in [1.54, 1.807) is 11.6 Å². The molecular formula is C12H13N3O2. The average molecular weight is 231 g/mol. The fourth-order valence-electron chi connectivity index (χ4n) is 1.68. The first kappa shape index (κ1) is 11.3. The molecule has 5 heteroatoms. The Balaban J connectivity index is 2.49. The Labute approximate surface area is 98.7 Å². The van der Waals surface area contributed by atoms with Crippen LogP contribution in [-0.2, 0) is 6.42 Å². The number of aryl methyl sites for hydroxylation is 1. The number of benzene rings is 1. The number of nitrogens with zero attached hydrogens (tertiary/aromatic N) is 3. The molecule has 0 saturated heterocycles. The summed E-state index contributed by atoms with van der Waals surface area (Å²) in [5, 5.41) is 16.4. The van der Waals surface area contributed by atoms with Crippen molar-refractivity contribution in [2.24, 2.45) is 0 Å². The molecule has 0 spiro atoms. The first-order chi connectivity index (χ1) is 8.13. The lowest BCUT2D eigenvalue weighted by Crippen LogP contribution is -2.02. The van der Waals surface area contributed by atoms with Crippen molar-refractivity contribution in [3.8, 4) is 5.69 Å². The maximum absolute atomic E-state index is 10.9. The van der Waals surface area contributed by atoms with Gasteiger partial charge in [0, 0.05) is 0 Å². The van der Waals surface area contributed by atoms with E-state index in [-0.39, 0.29) is 5.69 Å². The van der Waals surface area contributed by atoms with Gasteiger partial charge in [0.25, 0.3) is 0 Å². The van der Waals surface area contributed by atoms with Crippen molar-refractivity contribution in [3.63, 3.8) is 0 Å².